The Kier molecular flexibility index (Phi) is 6.85. The van der Waals surface area contributed by atoms with Crippen molar-refractivity contribution in [1.82, 2.24) is 4.90 Å². The maximum Gasteiger partial charge on any atom is 0.340 e. The van der Waals surface area contributed by atoms with E-state index in [1.165, 1.54) is 12.1 Å². The van der Waals surface area contributed by atoms with Gasteiger partial charge in [0.15, 0.2) is 6.61 Å². The van der Waals surface area contributed by atoms with Crippen molar-refractivity contribution in [2.75, 3.05) is 6.61 Å². The molecule has 0 unspecified atom stereocenters. The topological polar surface area (TPSA) is 46.6 Å². The van der Waals surface area contributed by atoms with Crippen molar-refractivity contribution in [1.29, 1.82) is 0 Å². The predicted molar refractivity (Wildman–Crippen MR) is 98.9 cm³/mol. The van der Waals surface area contributed by atoms with Crippen LogP contribution in [0.1, 0.15) is 29.8 Å². The summed E-state index contributed by atoms with van der Waals surface area (Å²) in [6.07, 6.45) is 0. The van der Waals surface area contributed by atoms with Gasteiger partial charge in [-0.1, -0.05) is 53.5 Å². The number of ether oxygens (including phenoxy) is 1. The van der Waals surface area contributed by atoms with E-state index in [0.717, 1.165) is 5.56 Å². The van der Waals surface area contributed by atoms with Crippen molar-refractivity contribution in [3.8, 4) is 0 Å². The number of carbonyl (C=O) groups is 2. The number of amides is 1. The molecule has 0 saturated carbocycles. The molecule has 0 atom stereocenters. The van der Waals surface area contributed by atoms with E-state index in [1.54, 1.807) is 11.0 Å². The molecule has 0 aliphatic rings. The number of benzene rings is 2. The Morgan fingerprint density at radius 3 is 2.36 bits per heavy atom. The lowest BCUT2D eigenvalue weighted by atomic mass is 10.2. The molecule has 0 N–H and O–H groups in total. The SMILES string of the molecule is CC(C)N(Cc1ccccc1)C(=O)COC(=O)c1ccc(Cl)cc1Cl. The third-order valence-electron chi connectivity index (χ3n) is 3.62. The highest BCUT2D eigenvalue weighted by molar-refractivity contribution is 6.36. The van der Waals surface area contributed by atoms with Gasteiger partial charge in [0, 0.05) is 17.6 Å². The van der Waals surface area contributed by atoms with Gasteiger partial charge >= 0.3 is 5.97 Å². The molecule has 0 heterocycles. The van der Waals surface area contributed by atoms with Crippen LogP contribution in [0.25, 0.3) is 0 Å². The van der Waals surface area contributed by atoms with Gasteiger partial charge in [0.1, 0.15) is 0 Å². The zero-order chi connectivity index (χ0) is 18.4. The predicted octanol–water partition coefficient (Wildman–Crippen LogP) is 4.59. The third-order valence-corrected chi connectivity index (χ3v) is 4.17. The minimum absolute atomic E-state index is 0.0227. The van der Waals surface area contributed by atoms with Crippen LogP contribution in [0.15, 0.2) is 48.5 Å². The molecule has 0 aliphatic heterocycles. The summed E-state index contributed by atoms with van der Waals surface area (Å²) in [4.78, 5) is 26.2. The molecular formula is C19H19Cl2NO3. The molecule has 25 heavy (non-hydrogen) atoms. The molecule has 1 amide bonds. The highest BCUT2D eigenvalue weighted by atomic mass is 35.5. The van der Waals surface area contributed by atoms with Crippen molar-refractivity contribution in [2.24, 2.45) is 0 Å². The van der Waals surface area contributed by atoms with Crippen molar-refractivity contribution in [3.05, 3.63) is 69.7 Å². The maximum atomic E-state index is 12.5. The molecule has 2 aromatic carbocycles. The van der Waals surface area contributed by atoms with Crippen molar-refractivity contribution >= 4 is 35.1 Å². The van der Waals surface area contributed by atoms with E-state index >= 15 is 0 Å². The molecule has 0 saturated heterocycles. The Hall–Kier alpha value is -2.04. The quantitative estimate of drug-likeness (QED) is 0.689. The summed E-state index contributed by atoms with van der Waals surface area (Å²) >= 11 is 11.8. The smallest absolute Gasteiger partial charge is 0.340 e. The van der Waals surface area contributed by atoms with Crippen LogP contribution in [0.4, 0.5) is 0 Å². The number of carbonyl (C=O) groups excluding carboxylic acids is 2. The number of halogens is 2. The van der Waals surface area contributed by atoms with Crippen LogP contribution in [0.2, 0.25) is 10.0 Å². The van der Waals surface area contributed by atoms with Crippen LogP contribution >= 0.6 is 23.2 Å². The first kappa shape index (κ1) is 19.3. The Balaban J connectivity index is 2.00. The molecule has 2 aromatic rings. The number of nitrogens with zero attached hydrogens (tertiary/aromatic N) is 1. The number of hydrogen-bond acceptors (Lipinski definition) is 3. The van der Waals surface area contributed by atoms with Gasteiger partial charge in [0.05, 0.1) is 10.6 Å². The zero-order valence-electron chi connectivity index (χ0n) is 14.0. The second-order valence-corrected chi connectivity index (χ2v) is 6.64. The molecule has 6 heteroatoms. The normalized spacial score (nSPS) is 10.6. The summed E-state index contributed by atoms with van der Waals surface area (Å²) in [7, 11) is 0. The summed E-state index contributed by atoms with van der Waals surface area (Å²) in [6.45, 7) is 3.94. The van der Waals surface area contributed by atoms with Gasteiger partial charge in [0.2, 0.25) is 0 Å². The monoisotopic (exact) mass is 379 g/mol. The van der Waals surface area contributed by atoms with E-state index in [0.29, 0.717) is 11.6 Å². The second-order valence-electron chi connectivity index (χ2n) is 5.80. The fourth-order valence-corrected chi connectivity index (χ4v) is 2.77. The van der Waals surface area contributed by atoms with Gasteiger partial charge in [-0.15, -0.1) is 0 Å². The van der Waals surface area contributed by atoms with Crippen LogP contribution < -0.4 is 0 Å². The highest BCUT2D eigenvalue weighted by Gasteiger charge is 2.20. The maximum absolute atomic E-state index is 12.5. The fraction of sp³-hybridized carbons (Fsp3) is 0.263. The lowest BCUT2D eigenvalue weighted by Crippen LogP contribution is -2.39. The first-order valence-electron chi connectivity index (χ1n) is 7.84. The molecule has 4 nitrogen and oxygen atoms in total. The number of esters is 1. The molecule has 132 valence electrons. The molecule has 2 rings (SSSR count). The molecule has 0 fully saturated rings. The summed E-state index contributed by atoms with van der Waals surface area (Å²) in [5.41, 5.74) is 1.19. The minimum Gasteiger partial charge on any atom is -0.452 e. The third kappa shape index (κ3) is 5.48. The van der Waals surface area contributed by atoms with E-state index in [9.17, 15) is 9.59 Å². The Morgan fingerprint density at radius 2 is 1.76 bits per heavy atom. The van der Waals surface area contributed by atoms with Crippen LogP contribution in [-0.2, 0) is 16.1 Å². The van der Waals surface area contributed by atoms with Crippen LogP contribution in [0.3, 0.4) is 0 Å². The van der Waals surface area contributed by atoms with Crippen LogP contribution in [0.5, 0.6) is 0 Å². The standard InChI is InChI=1S/C19H19Cl2NO3/c1-13(2)22(11-14-6-4-3-5-7-14)18(23)12-25-19(24)16-9-8-15(20)10-17(16)21/h3-10,13H,11-12H2,1-2H3. The van der Waals surface area contributed by atoms with Gasteiger partial charge < -0.3 is 9.64 Å². The molecular weight excluding hydrogens is 361 g/mol. The molecule has 0 radical (unpaired) electrons. The average Bonchev–Trinajstić information content (AvgIpc) is 2.58. The van der Waals surface area contributed by atoms with Crippen molar-refractivity contribution in [2.45, 2.75) is 26.4 Å². The van der Waals surface area contributed by atoms with E-state index in [-0.39, 0.29) is 29.1 Å². The van der Waals surface area contributed by atoms with Gasteiger partial charge in [0.25, 0.3) is 5.91 Å². The summed E-state index contributed by atoms with van der Waals surface area (Å²) in [6, 6.07) is 14.1. The van der Waals surface area contributed by atoms with Gasteiger partial charge in [-0.3, -0.25) is 4.79 Å². The van der Waals surface area contributed by atoms with E-state index in [1.807, 2.05) is 44.2 Å². The Labute approximate surface area is 157 Å². The van der Waals surface area contributed by atoms with E-state index in [4.69, 9.17) is 27.9 Å². The Morgan fingerprint density at radius 1 is 1.08 bits per heavy atom. The number of hydrogen-bond donors (Lipinski definition) is 0. The lowest BCUT2D eigenvalue weighted by molar-refractivity contribution is -0.136. The van der Waals surface area contributed by atoms with Gasteiger partial charge in [-0.05, 0) is 37.6 Å². The minimum atomic E-state index is -0.654. The molecule has 0 aliphatic carbocycles. The van der Waals surface area contributed by atoms with Gasteiger partial charge in [-0.2, -0.15) is 0 Å². The number of rotatable bonds is 6. The largest absolute Gasteiger partial charge is 0.452 e. The van der Waals surface area contributed by atoms with Gasteiger partial charge in [-0.25, -0.2) is 4.79 Å². The van der Waals surface area contributed by atoms with Crippen molar-refractivity contribution < 1.29 is 14.3 Å². The lowest BCUT2D eigenvalue weighted by Gasteiger charge is -2.26. The van der Waals surface area contributed by atoms with E-state index < -0.39 is 5.97 Å². The first-order chi connectivity index (χ1) is 11.9. The second kappa shape index (κ2) is 8.88. The summed E-state index contributed by atoms with van der Waals surface area (Å²) < 4.78 is 5.12. The summed E-state index contributed by atoms with van der Waals surface area (Å²) in [5.74, 6) is -0.921. The van der Waals surface area contributed by atoms with Crippen molar-refractivity contribution in [3.63, 3.8) is 0 Å². The molecule has 0 spiro atoms. The Bertz CT molecular complexity index is 748. The highest BCUT2D eigenvalue weighted by Crippen LogP contribution is 2.21. The molecule has 0 aromatic heterocycles. The summed E-state index contributed by atoms with van der Waals surface area (Å²) in [5, 5.41) is 0.612. The molecule has 0 bridgehead atoms. The zero-order valence-corrected chi connectivity index (χ0v) is 15.6. The van der Waals surface area contributed by atoms with Crippen LogP contribution in [0, 0.1) is 0 Å². The van der Waals surface area contributed by atoms with Crippen LogP contribution in [-0.4, -0.2) is 29.4 Å². The fourth-order valence-electron chi connectivity index (χ4n) is 2.28. The average molecular weight is 380 g/mol. The first-order valence-corrected chi connectivity index (χ1v) is 8.59. The van der Waals surface area contributed by atoms with E-state index in [2.05, 4.69) is 0 Å².